The van der Waals surface area contributed by atoms with Crippen molar-refractivity contribution in [1.29, 1.82) is 0 Å². The van der Waals surface area contributed by atoms with E-state index in [0.29, 0.717) is 18.7 Å². The van der Waals surface area contributed by atoms with Gasteiger partial charge in [0.15, 0.2) is 0 Å². The molecule has 0 aliphatic carbocycles. The van der Waals surface area contributed by atoms with Crippen LogP contribution in [-0.2, 0) is 16.0 Å². The first-order valence-electron chi connectivity index (χ1n) is 9.08. The normalized spacial score (nSPS) is 13.3. The molecule has 28 heavy (non-hydrogen) atoms. The molecule has 7 heteroatoms. The zero-order valence-corrected chi connectivity index (χ0v) is 16.1. The van der Waals surface area contributed by atoms with Gasteiger partial charge in [0.05, 0.1) is 23.3 Å². The van der Waals surface area contributed by atoms with E-state index in [0.717, 1.165) is 21.8 Å². The highest BCUT2D eigenvalue weighted by atomic mass is 32.2. The highest BCUT2D eigenvalue weighted by Crippen LogP contribution is 2.34. The third-order valence-electron chi connectivity index (χ3n) is 4.50. The Bertz CT molecular complexity index is 987. The number of hydrogen-bond donors (Lipinski definition) is 1. The number of nitrogens with one attached hydrogen (secondary N) is 1. The molecule has 4 rings (SSSR count). The number of rotatable bonds is 6. The van der Waals surface area contributed by atoms with Crippen molar-refractivity contribution in [2.45, 2.75) is 11.3 Å². The van der Waals surface area contributed by atoms with Crippen molar-refractivity contribution in [2.75, 3.05) is 23.7 Å². The number of carbonyl (C=O) groups is 2. The number of carbonyl (C=O) groups excluding carboxylic acids is 2. The largest absolute Gasteiger partial charge is 0.354 e. The van der Waals surface area contributed by atoms with E-state index in [1.807, 2.05) is 65.5 Å². The first kappa shape index (κ1) is 18.3. The molecule has 2 aromatic carbocycles. The fourth-order valence-electron chi connectivity index (χ4n) is 3.08. The Kier molecular flexibility index (Phi) is 5.43. The summed E-state index contributed by atoms with van der Waals surface area (Å²) in [5.74, 6) is 0.164. The van der Waals surface area contributed by atoms with Gasteiger partial charge >= 0.3 is 0 Å². The summed E-state index contributed by atoms with van der Waals surface area (Å²) in [6, 6.07) is 17.6. The number of anilines is 1. The summed E-state index contributed by atoms with van der Waals surface area (Å²) in [5, 5.41) is 7.26. The molecule has 0 unspecified atom stereocenters. The minimum Gasteiger partial charge on any atom is -0.354 e. The molecule has 0 fully saturated rings. The van der Waals surface area contributed by atoms with Crippen LogP contribution in [0, 0.1) is 0 Å². The van der Waals surface area contributed by atoms with Gasteiger partial charge in [-0.1, -0.05) is 30.3 Å². The third-order valence-corrected chi connectivity index (χ3v) is 5.55. The molecule has 0 saturated carbocycles. The van der Waals surface area contributed by atoms with Crippen molar-refractivity contribution in [3.05, 3.63) is 72.6 Å². The van der Waals surface area contributed by atoms with E-state index in [9.17, 15) is 9.59 Å². The summed E-state index contributed by atoms with van der Waals surface area (Å²) in [6.45, 7) is 0.539. The molecule has 1 aliphatic heterocycles. The summed E-state index contributed by atoms with van der Waals surface area (Å²) in [5.41, 5.74) is 2.85. The Morgan fingerprint density at radius 1 is 1.11 bits per heavy atom. The van der Waals surface area contributed by atoms with Crippen molar-refractivity contribution in [3.63, 3.8) is 0 Å². The molecule has 0 spiro atoms. The monoisotopic (exact) mass is 392 g/mol. The highest BCUT2D eigenvalue weighted by Gasteiger charge is 2.25. The Labute approximate surface area is 167 Å². The van der Waals surface area contributed by atoms with Gasteiger partial charge in [0.1, 0.15) is 6.54 Å². The maximum absolute atomic E-state index is 12.4. The van der Waals surface area contributed by atoms with Crippen LogP contribution in [0.15, 0.2) is 71.9 Å². The molecule has 3 aromatic rings. The fraction of sp³-hybridized carbons (Fsp3) is 0.190. The molecule has 2 amide bonds. The number of amides is 2. The first-order chi connectivity index (χ1) is 13.7. The van der Waals surface area contributed by atoms with Crippen molar-refractivity contribution in [1.82, 2.24) is 15.1 Å². The molecular formula is C21H20N4O2S. The topological polar surface area (TPSA) is 67.2 Å². The lowest BCUT2D eigenvalue weighted by atomic mass is 10.2. The summed E-state index contributed by atoms with van der Waals surface area (Å²) in [6.07, 6.45) is 4.45. The van der Waals surface area contributed by atoms with E-state index >= 15 is 0 Å². The van der Waals surface area contributed by atoms with Crippen LogP contribution in [0.2, 0.25) is 0 Å². The van der Waals surface area contributed by atoms with Crippen LogP contribution in [0.25, 0.3) is 5.69 Å². The van der Waals surface area contributed by atoms with E-state index in [1.54, 1.807) is 11.1 Å². The van der Waals surface area contributed by atoms with Crippen LogP contribution in [-0.4, -0.2) is 40.4 Å². The Morgan fingerprint density at radius 2 is 1.89 bits per heavy atom. The maximum Gasteiger partial charge on any atom is 0.240 e. The van der Waals surface area contributed by atoms with E-state index in [1.165, 1.54) is 11.8 Å². The van der Waals surface area contributed by atoms with Crippen LogP contribution in [0.1, 0.15) is 5.56 Å². The van der Waals surface area contributed by atoms with Crippen LogP contribution in [0.3, 0.4) is 0 Å². The van der Waals surface area contributed by atoms with Gasteiger partial charge in [-0.05, 0) is 36.2 Å². The average molecular weight is 392 g/mol. The molecule has 1 aromatic heterocycles. The van der Waals surface area contributed by atoms with E-state index in [2.05, 4.69) is 10.4 Å². The van der Waals surface area contributed by atoms with E-state index < -0.39 is 0 Å². The average Bonchev–Trinajstić information content (AvgIpc) is 3.20. The Balaban J connectivity index is 1.31. The lowest BCUT2D eigenvalue weighted by Gasteiger charge is -2.28. The lowest BCUT2D eigenvalue weighted by Crippen LogP contribution is -2.43. The van der Waals surface area contributed by atoms with Gasteiger partial charge in [0, 0.05) is 17.6 Å². The van der Waals surface area contributed by atoms with Crippen molar-refractivity contribution in [2.24, 2.45) is 0 Å². The Hall–Kier alpha value is -3.06. The Morgan fingerprint density at radius 3 is 2.75 bits per heavy atom. The molecule has 1 N–H and O–H groups in total. The van der Waals surface area contributed by atoms with Crippen molar-refractivity contribution < 1.29 is 9.59 Å². The SMILES string of the molecule is O=C(CN1C(=O)CSc2ccccc21)NCCc1cnn(-c2ccccc2)c1. The standard InChI is InChI=1S/C21H20N4O2S/c26-20(14-24-18-8-4-5-9-19(18)28-15-21(24)27)22-11-10-16-12-23-25(13-16)17-6-2-1-3-7-17/h1-9,12-13H,10-11,14-15H2,(H,22,26). The number of para-hydroxylation sites is 2. The van der Waals surface area contributed by atoms with E-state index in [4.69, 9.17) is 0 Å². The molecule has 0 saturated heterocycles. The van der Waals surface area contributed by atoms with Gasteiger partial charge in [-0.3, -0.25) is 9.59 Å². The fourth-order valence-corrected chi connectivity index (χ4v) is 4.02. The summed E-state index contributed by atoms with van der Waals surface area (Å²) in [7, 11) is 0. The van der Waals surface area contributed by atoms with Crippen molar-refractivity contribution in [3.8, 4) is 5.69 Å². The second-order valence-corrected chi connectivity index (χ2v) is 7.48. The molecule has 0 atom stereocenters. The first-order valence-corrected chi connectivity index (χ1v) is 10.1. The molecule has 142 valence electrons. The molecule has 0 bridgehead atoms. The minimum atomic E-state index is -0.162. The van der Waals surface area contributed by atoms with Gasteiger partial charge in [-0.15, -0.1) is 11.8 Å². The zero-order valence-electron chi connectivity index (χ0n) is 15.2. The van der Waals surface area contributed by atoms with Gasteiger partial charge in [-0.25, -0.2) is 4.68 Å². The number of hydrogen-bond acceptors (Lipinski definition) is 4. The molecular weight excluding hydrogens is 372 g/mol. The predicted molar refractivity (Wildman–Crippen MR) is 110 cm³/mol. The molecule has 0 radical (unpaired) electrons. The number of aromatic nitrogens is 2. The minimum absolute atomic E-state index is 0.0389. The smallest absolute Gasteiger partial charge is 0.240 e. The van der Waals surface area contributed by atoms with Gasteiger partial charge in [-0.2, -0.15) is 5.10 Å². The predicted octanol–water partition coefficient (Wildman–Crippen LogP) is 2.67. The summed E-state index contributed by atoms with van der Waals surface area (Å²) >= 11 is 1.51. The number of thioether (sulfide) groups is 1. The van der Waals surface area contributed by atoms with Crippen molar-refractivity contribution >= 4 is 29.3 Å². The number of benzene rings is 2. The lowest BCUT2D eigenvalue weighted by molar-refractivity contribution is -0.122. The summed E-state index contributed by atoms with van der Waals surface area (Å²) < 4.78 is 1.82. The summed E-state index contributed by atoms with van der Waals surface area (Å²) in [4.78, 5) is 27.2. The van der Waals surface area contributed by atoms with Crippen LogP contribution < -0.4 is 10.2 Å². The zero-order chi connectivity index (χ0) is 19.3. The van der Waals surface area contributed by atoms with Gasteiger partial charge in [0.2, 0.25) is 11.8 Å². The number of nitrogens with zero attached hydrogens (tertiary/aromatic N) is 3. The molecule has 1 aliphatic rings. The van der Waals surface area contributed by atoms with Crippen LogP contribution in [0.5, 0.6) is 0 Å². The second kappa shape index (κ2) is 8.31. The second-order valence-electron chi connectivity index (χ2n) is 6.46. The number of fused-ring (bicyclic) bond motifs is 1. The van der Waals surface area contributed by atoms with Gasteiger partial charge < -0.3 is 10.2 Å². The maximum atomic E-state index is 12.4. The van der Waals surface area contributed by atoms with E-state index in [-0.39, 0.29) is 18.4 Å². The van der Waals surface area contributed by atoms with Gasteiger partial charge in [0.25, 0.3) is 0 Å². The highest BCUT2D eigenvalue weighted by molar-refractivity contribution is 8.00. The van der Waals surface area contributed by atoms with Crippen LogP contribution in [0.4, 0.5) is 5.69 Å². The third kappa shape index (κ3) is 4.09. The quantitative estimate of drug-likeness (QED) is 0.700. The molecule has 6 nitrogen and oxygen atoms in total. The molecule has 2 heterocycles. The van der Waals surface area contributed by atoms with Crippen LogP contribution >= 0.6 is 11.8 Å².